The maximum absolute atomic E-state index is 12.1. The van der Waals surface area contributed by atoms with E-state index in [1.807, 2.05) is 0 Å². The van der Waals surface area contributed by atoms with Gasteiger partial charge in [-0.2, -0.15) is 4.99 Å². The summed E-state index contributed by atoms with van der Waals surface area (Å²) in [5.41, 5.74) is 5.68. The molecule has 3 rings (SSSR count). The van der Waals surface area contributed by atoms with E-state index in [4.69, 9.17) is 16.9 Å². The second kappa shape index (κ2) is 3.90. The maximum Gasteiger partial charge on any atom is 0.347 e. The Bertz CT molecular complexity index is 677. The van der Waals surface area contributed by atoms with Crippen LogP contribution in [0, 0.1) is 12.3 Å². The van der Waals surface area contributed by atoms with E-state index >= 15 is 0 Å². The molecule has 6 nitrogen and oxygen atoms in total. The van der Waals surface area contributed by atoms with Crippen LogP contribution < -0.4 is 10.5 Å². The summed E-state index contributed by atoms with van der Waals surface area (Å²) < 4.78 is 5.58. The van der Waals surface area contributed by atoms with Crippen LogP contribution in [0.2, 0.25) is 0 Å². The van der Waals surface area contributed by atoms with Crippen molar-refractivity contribution in [2.75, 3.05) is 6.61 Å². The van der Waals surface area contributed by atoms with E-state index in [0.717, 1.165) is 0 Å². The van der Waals surface area contributed by atoms with Gasteiger partial charge in [0.05, 0.1) is 6.04 Å². The van der Waals surface area contributed by atoms with Crippen LogP contribution >= 0.6 is 0 Å². The Kier molecular flexibility index (Phi) is 2.41. The van der Waals surface area contributed by atoms with E-state index in [1.54, 1.807) is 13.0 Å². The Balaban J connectivity index is 2.20. The number of terminal acetylenes is 1. The first kappa shape index (κ1) is 12.4. The number of nitrogens with zero attached hydrogens (tertiary/aromatic N) is 2. The molecule has 0 radical (unpaired) electrons. The highest BCUT2D eigenvalue weighted by atomic mass is 16.5. The number of nitrogens with two attached hydrogens (primary N) is 1. The van der Waals surface area contributed by atoms with Gasteiger partial charge in [0, 0.05) is 11.6 Å². The number of phenolic OH excluding ortho intramolecular Hbond substituents is 1. The average molecular weight is 271 g/mol. The van der Waals surface area contributed by atoms with Crippen molar-refractivity contribution in [2.24, 2.45) is 10.7 Å². The standard InChI is InChI=1S/C14H13N3O3/c1-3-8(2)17-13(19)16-12(15)14(17)7-20-11-6-9(18)4-5-10(11)14/h1,4-6,8,18H,7H2,2H3,(H2,15,16,19). The lowest BCUT2D eigenvalue weighted by Crippen LogP contribution is -2.55. The molecule has 0 aromatic heterocycles. The maximum atomic E-state index is 12.1. The zero-order chi connectivity index (χ0) is 14.5. The van der Waals surface area contributed by atoms with Gasteiger partial charge in [0.2, 0.25) is 0 Å². The first-order chi connectivity index (χ1) is 9.50. The van der Waals surface area contributed by atoms with E-state index in [-0.39, 0.29) is 18.2 Å². The minimum absolute atomic E-state index is 0.0807. The lowest BCUT2D eigenvalue weighted by molar-refractivity contribution is 0.136. The monoisotopic (exact) mass is 271 g/mol. The van der Waals surface area contributed by atoms with Crippen LogP contribution in [0.3, 0.4) is 0 Å². The van der Waals surface area contributed by atoms with Gasteiger partial charge in [-0.25, -0.2) is 4.79 Å². The summed E-state index contributed by atoms with van der Waals surface area (Å²) in [4.78, 5) is 17.4. The number of rotatable bonds is 1. The molecule has 2 unspecified atom stereocenters. The van der Waals surface area contributed by atoms with Gasteiger partial charge in [-0.3, -0.25) is 4.90 Å². The molecule has 0 saturated heterocycles. The molecule has 102 valence electrons. The number of benzene rings is 1. The highest BCUT2D eigenvalue weighted by Gasteiger charge is 2.56. The summed E-state index contributed by atoms with van der Waals surface area (Å²) in [5.74, 6) is 3.24. The smallest absolute Gasteiger partial charge is 0.347 e. The molecule has 1 aromatic carbocycles. The highest BCUT2D eigenvalue weighted by molar-refractivity contribution is 6.07. The van der Waals surface area contributed by atoms with E-state index in [9.17, 15) is 9.90 Å². The number of ether oxygens (including phenoxy) is 1. The third kappa shape index (κ3) is 1.35. The molecular formula is C14H13N3O3. The molecule has 1 aromatic rings. The lowest BCUT2D eigenvalue weighted by atomic mass is 9.88. The molecule has 0 bridgehead atoms. The molecule has 2 heterocycles. The minimum Gasteiger partial charge on any atom is -0.508 e. The van der Waals surface area contributed by atoms with Crippen molar-refractivity contribution in [1.29, 1.82) is 0 Å². The van der Waals surface area contributed by atoms with Crippen molar-refractivity contribution >= 4 is 11.9 Å². The third-order valence-electron chi connectivity index (χ3n) is 3.73. The molecule has 20 heavy (non-hydrogen) atoms. The molecule has 2 aliphatic heterocycles. The van der Waals surface area contributed by atoms with E-state index in [2.05, 4.69) is 10.9 Å². The molecule has 0 fully saturated rings. The number of phenols is 1. The molecule has 3 N–H and O–H groups in total. The molecule has 2 amide bonds. The van der Waals surface area contributed by atoms with Crippen molar-refractivity contribution in [3.05, 3.63) is 23.8 Å². The summed E-state index contributed by atoms with van der Waals surface area (Å²) in [6, 6.07) is 3.73. The molecule has 0 aliphatic carbocycles. The topological polar surface area (TPSA) is 88.2 Å². The SMILES string of the molecule is C#CC(C)N1C(=O)N=C(N)C12COc1cc(O)ccc12. The zero-order valence-corrected chi connectivity index (χ0v) is 10.8. The van der Waals surface area contributed by atoms with Gasteiger partial charge in [-0.15, -0.1) is 6.42 Å². The molecule has 0 saturated carbocycles. The summed E-state index contributed by atoms with van der Waals surface area (Å²) >= 11 is 0. The van der Waals surface area contributed by atoms with Crippen molar-refractivity contribution in [1.82, 2.24) is 4.90 Å². The second-order valence-corrected chi connectivity index (χ2v) is 4.82. The number of amides is 2. The molecule has 2 aliphatic rings. The summed E-state index contributed by atoms with van der Waals surface area (Å²) in [6.45, 7) is 1.87. The predicted molar refractivity (Wildman–Crippen MR) is 72.4 cm³/mol. The van der Waals surface area contributed by atoms with Crippen LogP contribution in [0.4, 0.5) is 4.79 Å². The highest BCUT2D eigenvalue weighted by Crippen LogP contribution is 2.46. The van der Waals surface area contributed by atoms with E-state index in [0.29, 0.717) is 11.3 Å². The van der Waals surface area contributed by atoms with Gasteiger partial charge < -0.3 is 15.6 Å². The largest absolute Gasteiger partial charge is 0.508 e. The lowest BCUT2D eigenvalue weighted by Gasteiger charge is -2.35. The number of fused-ring (bicyclic) bond motifs is 2. The number of amidine groups is 1. The Morgan fingerprint density at radius 3 is 3.10 bits per heavy atom. The van der Waals surface area contributed by atoms with E-state index in [1.165, 1.54) is 17.0 Å². The normalized spacial score (nSPS) is 25.1. The average Bonchev–Trinajstić information content (AvgIpc) is 2.89. The number of hydrogen-bond donors (Lipinski definition) is 2. The van der Waals surface area contributed by atoms with Gasteiger partial charge in [-0.05, 0) is 19.1 Å². The van der Waals surface area contributed by atoms with Gasteiger partial charge in [-0.1, -0.05) is 5.92 Å². The fourth-order valence-corrected chi connectivity index (χ4v) is 2.75. The first-order valence-corrected chi connectivity index (χ1v) is 6.11. The summed E-state index contributed by atoms with van der Waals surface area (Å²) in [7, 11) is 0. The number of aromatic hydroxyl groups is 1. The minimum atomic E-state index is -0.980. The van der Waals surface area contributed by atoms with Crippen molar-refractivity contribution < 1.29 is 14.6 Å². The summed E-state index contributed by atoms with van der Waals surface area (Å²) in [6.07, 6.45) is 5.44. The Morgan fingerprint density at radius 1 is 1.65 bits per heavy atom. The number of carbonyl (C=O) groups excluding carboxylic acids is 1. The van der Waals surface area contributed by atoms with Crippen LogP contribution in [0.1, 0.15) is 12.5 Å². The van der Waals surface area contributed by atoms with Gasteiger partial charge in [0.1, 0.15) is 23.9 Å². The second-order valence-electron chi connectivity index (χ2n) is 4.82. The Hall–Kier alpha value is -2.68. The Labute approximate surface area is 115 Å². The van der Waals surface area contributed by atoms with Crippen molar-refractivity contribution in [2.45, 2.75) is 18.5 Å². The Morgan fingerprint density at radius 2 is 2.40 bits per heavy atom. The number of hydrogen-bond acceptors (Lipinski definition) is 4. The molecule has 1 spiro atoms. The molecule has 6 heteroatoms. The quantitative estimate of drug-likeness (QED) is 0.739. The van der Waals surface area contributed by atoms with Crippen LogP contribution in [-0.4, -0.2) is 34.5 Å². The predicted octanol–water partition coefficient (Wildman–Crippen LogP) is 0.794. The fraction of sp³-hybridized carbons (Fsp3) is 0.286. The van der Waals surface area contributed by atoms with Gasteiger partial charge in [0.25, 0.3) is 0 Å². The van der Waals surface area contributed by atoms with Crippen LogP contribution in [-0.2, 0) is 5.54 Å². The molecular weight excluding hydrogens is 258 g/mol. The third-order valence-corrected chi connectivity index (χ3v) is 3.73. The van der Waals surface area contributed by atoms with Crippen molar-refractivity contribution in [3.8, 4) is 23.8 Å². The number of aliphatic imine (C=N–C) groups is 1. The van der Waals surface area contributed by atoms with Gasteiger partial charge in [0.15, 0.2) is 5.54 Å². The summed E-state index contributed by atoms with van der Waals surface area (Å²) in [5, 5.41) is 9.51. The van der Waals surface area contributed by atoms with Crippen molar-refractivity contribution in [3.63, 3.8) is 0 Å². The fourth-order valence-electron chi connectivity index (χ4n) is 2.75. The number of carbonyl (C=O) groups is 1. The van der Waals surface area contributed by atoms with E-state index < -0.39 is 17.6 Å². The number of urea groups is 1. The van der Waals surface area contributed by atoms with Crippen LogP contribution in [0.25, 0.3) is 0 Å². The zero-order valence-electron chi connectivity index (χ0n) is 10.8. The molecule has 2 atom stereocenters. The first-order valence-electron chi connectivity index (χ1n) is 6.11. The van der Waals surface area contributed by atoms with Crippen LogP contribution in [0.15, 0.2) is 23.2 Å². The van der Waals surface area contributed by atoms with Crippen LogP contribution in [0.5, 0.6) is 11.5 Å². The van der Waals surface area contributed by atoms with Gasteiger partial charge >= 0.3 is 6.03 Å².